The van der Waals surface area contributed by atoms with Gasteiger partial charge in [-0.25, -0.2) is 4.98 Å². The van der Waals surface area contributed by atoms with E-state index in [9.17, 15) is 9.59 Å². The summed E-state index contributed by atoms with van der Waals surface area (Å²) in [5.41, 5.74) is 3.26. The van der Waals surface area contributed by atoms with Crippen LogP contribution in [0.2, 0.25) is 0 Å². The number of ether oxygens (including phenoxy) is 5. The molecule has 0 bridgehead atoms. The zero-order chi connectivity index (χ0) is 27.6. The average molecular weight is 554 g/mol. The molecular formula is C26H39N3O8S. The first kappa shape index (κ1) is 31.6. The standard InChI is InChI=1S/C26H39N3O8S/c1-19-4-5-22(18-23(19)25(32)29-26-28-20(2)21(3)38-26)27-7-9-34-11-13-36-15-17-37-16-14-35-12-10-33-8-6-24(30)31/h4-5,18,27H,6-17H2,1-3H3,(H,30,31)(H,28,29,32). The summed E-state index contributed by atoms with van der Waals surface area (Å²) in [5, 5.41) is 15.3. The molecule has 2 aromatic rings. The smallest absolute Gasteiger partial charge is 0.305 e. The predicted molar refractivity (Wildman–Crippen MR) is 146 cm³/mol. The van der Waals surface area contributed by atoms with Crippen LogP contribution in [0.3, 0.4) is 0 Å². The van der Waals surface area contributed by atoms with Crippen LogP contribution in [0.15, 0.2) is 18.2 Å². The molecule has 1 heterocycles. The Morgan fingerprint density at radius 1 is 0.842 bits per heavy atom. The number of benzene rings is 1. The highest BCUT2D eigenvalue weighted by Gasteiger charge is 2.13. The van der Waals surface area contributed by atoms with Gasteiger partial charge in [0.2, 0.25) is 0 Å². The molecule has 1 amide bonds. The molecule has 0 saturated heterocycles. The number of hydrogen-bond acceptors (Lipinski definition) is 10. The maximum atomic E-state index is 12.7. The second kappa shape index (κ2) is 18.6. The average Bonchev–Trinajstić information content (AvgIpc) is 3.20. The highest BCUT2D eigenvalue weighted by Crippen LogP contribution is 2.23. The van der Waals surface area contributed by atoms with Crippen molar-refractivity contribution in [3.63, 3.8) is 0 Å². The van der Waals surface area contributed by atoms with Crippen LogP contribution in [0.1, 0.15) is 32.9 Å². The van der Waals surface area contributed by atoms with Gasteiger partial charge in [0, 0.05) is 22.7 Å². The molecular weight excluding hydrogens is 514 g/mol. The van der Waals surface area contributed by atoms with Crippen molar-refractivity contribution in [2.75, 3.05) is 83.2 Å². The van der Waals surface area contributed by atoms with Gasteiger partial charge in [-0.1, -0.05) is 6.07 Å². The number of anilines is 2. The number of carbonyl (C=O) groups excluding carboxylic acids is 1. The second-order valence-corrected chi connectivity index (χ2v) is 9.48. The number of nitrogens with one attached hydrogen (secondary N) is 2. The van der Waals surface area contributed by atoms with Gasteiger partial charge in [-0.15, -0.1) is 11.3 Å². The Hall–Kier alpha value is -2.61. The van der Waals surface area contributed by atoms with Crippen LogP contribution in [0.5, 0.6) is 0 Å². The third-order valence-electron chi connectivity index (χ3n) is 5.26. The fraction of sp³-hybridized carbons (Fsp3) is 0.577. The number of aryl methyl sites for hydroxylation is 3. The van der Waals surface area contributed by atoms with Gasteiger partial charge in [0.1, 0.15) is 0 Å². The summed E-state index contributed by atoms with van der Waals surface area (Å²) in [7, 11) is 0. The zero-order valence-corrected chi connectivity index (χ0v) is 23.2. The maximum Gasteiger partial charge on any atom is 0.305 e. The number of carboxylic acids is 1. The van der Waals surface area contributed by atoms with E-state index in [0.29, 0.717) is 76.7 Å². The zero-order valence-electron chi connectivity index (χ0n) is 22.4. The van der Waals surface area contributed by atoms with Gasteiger partial charge in [0.15, 0.2) is 5.13 Å². The lowest BCUT2D eigenvalue weighted by molar-refractivity contribution is -0.138. The topological polar surface area (TPSA) is 137 Å². The largest absolute Gasteiger partial charge is 0.481 e. The fourth-order valence-electron chi connectivity index (χ4n) is 3.08. The normalized spacial score (nSPS) is 11.0. The molecule has 0 atom stereocenters. The van der Waals surface area contributed by atoms with Crippen molar-refractivity contribution in [3.8, 4) is 0 Å². The van der Waals surface area contributed by atoms with Crippen molar-refractivity contribution in [3.05, 3.63) is 39.9 Å². The predicted octanol–water partition coefficient (Wildman–Crippen LogP) is 3.29. The molecule has 11 nitrogen and oxygen atoms in total. The molecule has 0 radical (unpaired) electrons. The van der Waals surface area contributed by atoms with Crippen molar-refractivity contribution in [1.82, 2.24) is 4.98 Å². The molecule has 0 spiro atoms. The Morgan fingerprint density at radius 3 is 1.92 bits per heavy atom. The summed E-state index contributed by atoms with van der Waals surface area (Å²) in [6.07, 6.45) is -0.00459. The molecule has 0 aliphatic rings. The van der Waals surface area contributed by atoms with E-state index in [2.05, 4.69) is 15.6 Å². The van der Waals surface area contributed by atoms with Crippen LogP contribution in [-0.4, -0.2) is 94.6 Å². The Labute approximate surface area is 227 Å². The minimum Gasteiger partial charge on any atom is -0.481 e. The van der Waals surface area contributed by atoms with E-state index in [1.54, 1.807) is 0 Å². The Bertz CT molecular complexity index is 966. The first-order valence-electron chi connectivity index (χ1n) is 12.6. The minimum atomic E-state index is -0.876. The summed E-state index contributed by atoms with van der Waals surface area (Å²) >= 11 is 1.47. The van der Waals surface area contributed by atoms with E-state index >= 15 is 0 Å². The SMILES string of the molecule is Cc1ccc(NCCOCCOCCOCCOCCOCCC(=O)O)cc1C(=O)Nc1nc(C)c(C)s1. The highest BCUT2D eigenvalue weighted by molar-refractivity contribution is 7.15. The van der Waals surface area contributed by atoms with Crippen LogP contribution in [-0.2, 0) is 28.5 Å². The Morgan fingerprint density at radius 2 is 1.39 bits per heavy atom. The van der Waals surface area contributed by atoms with E-state index in [0.717, 1.165) is 21.8 Å². The fourth-order valence-corrected chi connectivity index (χ4v) is 3.89. The van der Waals surface area contributed by atoms with E-state index < -0.39 is 5.97 Å². The van der Waals surface area contributed by atoms with Gasteiger partial charge in [0.05, 0.1) is 78.2 Å². The molecule has 3 N–H and O–H groups in total. The van der Waals surface area contributed by atoms with Gasteiger partial charge in [-0.2, -0.15) is 0 Å². The minimum absolute atomic E-state index is 0.00459. The van der Waals surface area contributed by atoms with E-state index in [-0.39, 0.29) is 18.9 Å². The molecule has 0 saturated carbocycles. The lowest BCUT2D eigenvalue weighted by atomic mass is 10.1. The Kier molecular flexibility index (Phi) is 15.5. The number of hydrogen-bond donors (Lipinski definition) is 3. The number of nitrogens with zero attached hydrogens (tertiary/aromatic N) is 1. The molecule has 1 aromatic carbocycles. The molecule has 2 rings (SSSR count). The molecule has 0 fully saturated rings. The summed E-state index contributed by atoms with van der Waals surface area (Å²) < 4.78 is 26.9. The second-order valence-electron chi connectivity index (χ2n) is 8.28. The van der Waals surface area contributed by atoms with E-state index in [1.807, 2.05) is 39.0 Å². The van der Waals surface area contributed by atoms with Crippen LogP contribution < -0.4 is 10.6 Å². The molecule has 0 aliphatic heterocycles. The number of rotatable bonds is 21. The van der Waals surface area contributed by atoms with Crippen molar-refractivity contribution in [1.29, 1.82) is 0 Å². The molecule has 0 aliphatic carbocycles. The number of aromatic nitrogens is 1. The third kappa shape index (κ3) is 13.3. The lowest BCUT2D eigenvalue weighted by Crippen LogP contribution is -2.16. The number of carboxylic acid groups (broad SMARTS) is 1. The molecule has 212 valence electrons. The monoisotopic (exact) mass is 553 g/mol. The Balaban J connectivity index is 1.45. The quantitative estimate of drug-likeness (QED) is 0.198. The number of amides is 1. The van der Waals surface area contributed by atoms with Crippen molar-refractivity contribution >= 4 is 34.0 Å². The van der Waals surface area contributed by atoms with Crippen molar-refractivity contribution < 1.29 is 38.4 Å². The van der Waals surface area contributed by atoms with E-state index in [4.69, 9.17) is 28.8 Å². The summed E-state index contributed by atoms with van der Waals surface area (Å²) in [5.74, 6) is -1.05. The first-order valence-corrected chi connectivity index (χ1v) is 13.4. The van der Waals surface area contributed by atoms with E-state index in [1.165, 1.54) is 11.3 Å². The van der Waals surface area contributed by atoms with Crippen LogP contribution >= 0.6 is 11.3 Å². The van der Waals surface area contributed by atoms with Crippen LogP contribution in [0.25, 0.3) is 0 Å². The van der Waals surface area contributed by atoms with Gasteiger partial charge in [-0.3, -0.25) is 14.9 Å². The van der Waals surface area contributed by atoms with Gasteiger partial charge in [-0.05, 0) is 38.5 Å². The summed E-state index contributed by atoms with van der Waals surface area (Å²) in [6, 6.07) is 5.69. The summed E-state index contributed by atoms with van der Waals surface area (Å²) in [6.45, 7) is 10.6. The van der Waals surface area contributed by atoms with Crippen LogP contribution in [0, 0.1) is 20.8 Å². The van der Waals surface area contributed by atoms with Crippen molar-refractivity contribution in [2.24, 2.45) is 0 Å². The molecule has 1 aromatic heterocycles. The van der Waals surface area contributed by atoms with Gasteiger partial charge in [0.25, 0.3) is 5.91 Å². The number of carbonyl (C=O) groups is 2. The maximum absolute atomic E-state index is 12.7. The molecule has 38 heavy (non-hydrogen) atoms. The lowest BCUT2D eigenvalue weighted by Gasteiger charge is -2.11. The van der Waals surface area contributed by atoms with Gasteiger partial charge >= 0.3 is 5.97 Å². The molecule has 0 unspecified atom stereocenters. The molecule has 12 heteroatoms. The van der Waals surface area contributed by atoms with Crippen LogP contribution in [0.4, 0.5) is 10.8 Å². The number of thiazole rings is 1. The highest BCUT2D eigenvalue weighted by atomic mass is 32.1. The third-order valence-corrected chi connectivity index (χ3v) is 6.24. The number of aliphatic carboxylic acids is 1. The first-order chi connectivity index (χ1) is 18.4. The van der Waals surface area contributed by atoms with Crippen molar-refractivity contribution in [2.45, 2.75) is 27.2 Å². The summed E-state index contributed by atoms with van der Waals surface area (Å²) in [4.78, 5) is 28.5. The van der Waals surface area contributed by atoms with Gasteiger partial charge < -0.3 is 34.1 Å².